The molecule has 0 saturated carbocycles. The molecule has 0 amide bonds. The first-order valence-electron chi connectivity index (χ1n) is 5.56. The van der Waals surface area contributed by atoms with Crippen LogP contribution in [0.5, 0.6) is 0 Å². The van der Waals surface area contributed by atoms with Crippen LogP contribution in [-0.4, -0.2) is 28.9 Å². The third-order valence-electron chi connectivity index (χ3n) is 2.26. The Hall–Kier alpha value is -1.20. The SMILES string of the molecule is CC(C)NC(CCC(=O)O)C(=O)c1cccs1. The van der Waals surface area contributed by atoms with Crippen LogP contribution >= 0.6 is 11.3 Å². The van der Waals surface area contributed by atoms with Gasteiger partial charge in [-0.2, -0.15) is 0 Å². The van der Waals surface area contributed by atoms with Crippen molar-refractivity contribution in [1.82, 2.24) is 5.32 Å². The molecule has 1 aromatic heterocycles. The van der Waals surface area contributed by atoms with Gasteiger partial charge in [-0.1, -0.05) is 19.9 Å². The van der Waals surface area contributed by atoms with Crippen LogP contribution in [-0.2, 0) is 4.79 Å². The van der Waals surface area contributed by atoms with E-state index in [1.54, 1.807) is 6.07 Å². The molecule has 0 aromatic carbocycles. The van der Waals surface area contributed by atoms with Gasteiger partial charge in [-0.3, -0.25) is 9.59 Å². The largest absolute Gasteiger partial charge is 0.481 e. The van der Waals surface area contributed by atoms with Crippen molar-refractivity contribution < 1.29 is 14.7 Å². The minimum Gasteiger partial charge on any atom is -0.481 e. The van der Waals surface area contributed by atoms with E-state index >= 15 is 0 Å². The molecule has 1 heterocycles. The topological polar surface area (TPSA) is 66.4 Å². The third kappa shape index (κ3) is 4.66. The van der Waals surface area contributed by atoms with Gasteiger partial charge in [0.2, 0.25) is 0 Å². The molecule has 1 rings (SSSR count). The van der Waals surface area contributed by atoms with E-state index in [1.165, 1.54) is 11.3 Å². The number of carbonyl (C=O) groups is 2. The normalized spacial score (nSPS) is 12.6. The van der Waals surface area contributed by atoms with Gasteiger partial charge in [0.1, 0.15) is 0 Å². The van der Waals surface area contributed by atoms with Crippen molar-refractivity contribution in [3.63, 3.8) is 0 Å². The Morgan fingerprint density at radius 1 is 1.47 bits per heavy atom. The second-order valence-corrected chi connectivity index (χ2v) is 5.10. The number of aliphatic carboxylic acids is 1. The van der Waals surface area contributed by atoms with Crippen LogP contribution in [0.4, 0.5) is 0 Å². The predicted octanol–water partition coefficient (Wildman–Crippen LogP) is 2.16. The summed E-state index contributed by atoms with van der Waals surface area (Å²) >= 11 is 1.38. The molecule has 17 heavy (non-hydrogen) atoms. The Labute approximate surface area is 105 Å². The van der Waals surface area contributed by atoms with Gasteiger partial charge in [0.05, 0.1) is 10.9 Å². The summed E-state index contributed by atoms with van der Waals surface area (Å²) in [5.74, 6) is -0.894. The molecule has 1 unspecified atom stereocenters. The number of hydrogen-bond donors (Lipinski definition) is 2. The first-order valence-corrected chi connectivity index (χ1v) is 6.44. The van der Waals surface area contributed by atoms with Crippen LogP contribution in [0.1, 0.15) is 36.4 Å². The zero-order valence-corrected chi connectivity index (χ0v) is 10.8. The molecule has 0 aliphatic carbocycles. The Morgan fingerprint density at radius 2 is 2.18 bits per heavy atom. The second kappa shape index (κ2) is 6.51. The zero-order chi connectivity index (χ0) is 12.8. The van der Waals surface area contributed by atoms with Gasteiger partial charge in [0.15, 0.2) is 5.78 Å². The molecule has 0 aliphatic heterocycles. The monoisotopic (exact) mass is 255 g/mol. The molecule has 0 bridgehead atoms. The van der Waals surface area contributed by atoms with Gasteiger partial charge in [0.25, 0.3) is 0 Å². The fourth-order valence-corrected chi connectivity index (χ4v) is 2.27. The van der Waals surface area contributed by atoms with Gasteiger partial charge in [-0.25, -0.2) is 0 Å². The highest BCUT2D eigenvalue weighted by Gasteiger charge is 2.22. The van der Waals surface area contributed by atoms with Gasteiger partial charge < -0.3 is 10.4 Å². The summed E-state index contributed by atoms with van der Waals surface area (Å²) in [4.78, 5) is 23.3. The number of carboxylic acids is 1. The van der Waals surface area contributed by atoms with E-state index in [9.17, 15) is 9.59 Å². The minimum absolute atomic E-state index is 0.00149. The van der Waals surface area contributed by atoms with Gasteiger partial charge >= 0.3 is 5.97 Å². The number of carbonyl (C=O) groups excluding carboxylic acids is 1. The maximum absolute atomic E-state index is 12.1. The molecule has 1 aromatic rings. The lowest BCUT2D eigenvalue weighted by molar-refractivity contribution is -0.137. The van der Waals surface area contributed by atoms with Crippen molar-refractivity contribution in [2.24, 2.45) is 0 Å². The van der Waals surface area contributed by atoms with E-state index in [0.29, 0.717) is 11.3 Å². The fourth-order valence-electron chi connectivity index (χ4n) is 1.55. The van der Waals surface area contributed by atoms with E-state index in [-0.39, 0.29) is 18.2 Å². The van der Waals surface area contributed by atoms with Crippen molar-refractivity contribution in [3.05, 3.63) is 22.4 Å². The molecular formula is C12H17NO3S. The first-order chi connectivity index (χ1) is 8.00. The average molecular weight is 255 g/mol. The summed E-state index contributed by atoms with van der Waals surface area (Å²) in [6.45, 7) is 3.88. The molecular weight excluding hydrogens is 238 g/mol. The second-order valence-electron chi connectivity index (χ2n) is 4.15. The van der Waals surface area contributed by atoms with Gasteiger partial charge in [-0.15, -0.1) is 11.3 Å². The van der Waals surface area contributed by atoms with Crippen LogP contribution in [0.15, 0.2) is 17.5 Å². The number of nitrogens with one attached hydrogen (secondary N) is 1. The molecule has 2 N–H and O–H groups in total. The minimum atomic E-state index is -0.875. The van der Waals surface area contributed by atoms with Crippen molar-refractivity contribution in [2.45, 2.75) is 38.8 Å². The summed E-state index contributed by atoms with van der Waals surface area (Å²) in [6.07, 6.45) is 0.325. The highest BCUT2D eigenvalue weighted by Crippen LogP contribution is 2.14. The zero-order valence-electron chi connectivity index (χ0n) is 9.97. The van der Waals surface area contributed by atoms with Gasteiger partial charge in [0, 0.05) is 12.5 Å². The Kier molecular flexibility index (Phi) is 5.31. The van der Waals surface area contributed by atoms with E-state index < -0.39 is 12.0 Å². The van der Waals surface area contributed by atoms with E-state index in [4.69, 9.17) is 5.11 Å². The molecule has 1 atom stereocenters. The molecule has 5 heteroatoms. The number of ketones is 1. The van der Waals surface area contributed by atoms with Crippen LogP contribution in [0, 0.1) is 0 Å². The Morgan fingerprint density at radius 3 is 2.65 bits per heavy atom. The Balaban J connectivity index is 2.68. The van der Waals surface area contributed by atoms with E-state index in [0.717, 1.165) is 0 Å². The van der Waals surface area contributed by atoms with E-state index in [1.807, 2.05) is 25.3 Å². The summed E-state index contributed by atoms with van der Waals surface area (Å²) in [5.41, 5.74) is 0. The average Bonchev–Trinajstić information content (AvgIpc) is 2.75. The molecule has 94 valence electrons. The van der Waals surface area contributed by atoms with Crippen LogP contribution in [0.3, 0.4) is 0 Å². The van der Waals surface area contributed by atoms with Crippen LogP contribution in [0.25, 0.3) is 0 Å². The number of rotatable bonds is 7. The number of Topliss-reactive ketones (excluding diaryl/α,β-unsaturated/α-hetero) is 1. The van der Waals surface area contributed by atoms with Crippen molar-refractivity contribution in [1.29, 1.82) is 0 Å². The molecule has 4 nitrogen and oxygen atoms in total. The molecule has 0 radical (unpaired) electrons. The standard InChI is InChI=1S/C12H17NO3S/c1-8(2)13-9(5-6-11(14)15)12(16)10-4-3-7-17-10/h3-4,7-9,13H,5-6H2,1-2H3,(H,14,15). The van der Waals surface area contributed by atoms with Crippen molar-refractivity contribution >= 4 is 23.1 Å². The highest BCUT2D eigenvalue weighted by atomic mass is 32.1. The van der Waals surface area contributed by atoms with Crippen molar-refractivity contribution in [2.75, 3.05) is 0 Å². The summed E-state index contributed by atoms with van der Waals surface area (Å²) in [6, 6.07) is 3.33. The fraction of sp³-hybridized carbons (Fsp3) is 0.500. The summed E-state index contributed by atoms with van der Waals surface area (Å²) < 4.78 is 0. The quantitative estimate of drug-likeness (QED) is 0.733. The lowest BCUT2D eigenvalue weighted by Crippen LogP contribution is -2.41. The smallest absolute Gasteiger partial charge is 0.303 e. The molecule has 0 fully saturated rings. The summed E-state index contributed by atoms with van der Waals surface area (Å²) in [7, 11) is 0. The lowest BCUT2D eigenvalue weighted by Gasteiger charge is -2.18. The van der Waals surface area contributed by atoms with Crippen LogP contribution in [0.2, 0.25) is 0 Å². The maximum Gasteiger partial charge on any atom is 0.303 e. The predicted molar refractivity (Wildman–Crippen MR) is 67.6 cm³/mol. The maximum atomic E-state index is 12.1. The van der Waals surface area contributed by atoms with Crippen molar-refractivity contribution in [3.8, 4) is 0 Å². The molecule has 0 spiro atoms. The lowest BCUT2D eigenvalue weighted by atomic mass is 10.0. The molecule has 0 aliphatic rings. The number of thiophene rings is 1. The van der Waals surface area contributed by atoms with Crippen LogP contribution < -0.4 is 5.32 Å². The number of hydrogen-bond acceptors (Lipinski definition) is 4. The first kappa shape index (κ1) is 13.9. The number of carboxylic acid groups (broad SMARTS) is 1. The Bertz CT molecular complexity index is 373. The highest BCUT2D eigenvalue weighted by molar-refractivity contribution is 7.12. The third-order valence-corrected chi connectivity index (χ3v) is 3.15. The van der Waals surface area contributed by atoms with E-state index in [2.05, 4.69) is 5.32 Å². The summed E-state index contributed by atoms with van der Waals surface area (Å²) in [5, 5.41) is 13.6. The van der Waals surface area contributed by atoms with Gasteiger partial charge in [-0.05, 0) is 17.9 Å². The molecule has 0 saturated heterocycles.